The zero-order valence-corrected chi connectivity index (χ0v) is 21.0. The van der Waals surface area contributed by atoms with Crippen LogP contribution in [0.1, 0.15) is 88.4 Å². The topological polar surface area (TPSA) is 87.7 Å². The average molecular weight is 472 g/mol. The highest BCUT2D eigenvalue weighted by Gasteiger charge is 2.37. The SMILES string of the molecule is CCCC[C@H](CC)C(=O)N1CCC[C@H]1C(=O)NC1CCC(NC(=O)c2ccc(OC)cc2)CC1. The highest BCUT2D eigenvalue weighted by Crippen LogP contribution is 2.25. The van der Waals surface area contributed by atoms with E-state index < -0.39 is 0 Å². The molecule has 0 bridgehead atoms. The Bertz CT molecular complexity index is 818. The van der Waals surface area contributed by atoms with E-state index in [-0.39, 0.29) is 41.8 Å². The lowest BCUT2D eigenvalue weighted by Crippen LogP contribution is -2.51. The molecular weight excluding hydrogens is 430 g/mol. The van der Waals surface area contributed by atoms with Crippen LogP contribution in [0.25, 0.3) is 0 Å². The fraction of sp³-hybridized carbons (Fsp3) is 0.667. The monoisotopic (exact) mass is 471 g/mol. The van der Waals surface area contributed by atoms with E-state index in [1.54, 1.807) is 31.4 Å². The van der Waals surface area contributed by atoms with E-state index in [2.05, 4.69) is 24.5 Å². The summed E-state index contributed by atoms with van der Waals surface area (Å²) in [5, 5.41) is 6.32. The third kappa shape index (κ3) is 6.73. The molecule has 1 saturated heterocycles. The van der Waals surface area contributed by atoms with Crippen LogP contribution >= 0.6 is 0 Å². The number of hydrogen-bond acceptors (Lipinski definition) is 4. The molecule has 0 radical (unpaired) electrons. The van der Waals surface area contributed by atoms with E-state index >= 15 is 0 Å². The number of nitrogens with zero attached hydrogens (tertiary/aromatic N) is 1. The number of hydrogen-bond donors (Lipinski definition) is 2. The van der Waals surface area contributed by atoms with Crippen LogP contribution in [0.5, 0.6) is 5.75 Å². The summed E-state index contributed by atoms with van der Waals surface area (Å²) in [5.41, 5.74) is 0.617. The molecule has 0 unspecified atom stereocenters. The molecule has 1 aromatic carbocycles. The van der Waals surface area contributed by atoms with Gasteiger partial charge in [0.25, 0.3) is 5.91 Å². The Morgan fingerprint density at radius 2 is 1.65 bits per heavy atom. The first-order chi connectivity index (χ1) is 16.5. The van der Waals surface area contributed by atoms with Gasteiger partial charge >= 0.3 is 0 Å². The standard InChI is InChI=1S/C27H41N3O4/c1-4-6-8-19(5-2)27(33)30-18-7-9-24(30)26(32)29-22-14-12-21(13-15-22)28-25(31)20-10-16-23(34-3)17-11-20/h10-11,16-17,19,21-22,24H,4-9,12-15,18H2,1-3H3,(H,28,31)(H,29,32)/t19-,21?,22?,24-/m0/s1. The number of methoxy groups -OCH3 is 1. The molecule has 2 N–H and O–H groups in total. The van der Waals surface area contributed by atoms with Crippen molar-refractivity contribution < 1.29 is 19.1 Å². The molecule has 2 aliphatic rings. The van der Waals surface area contributed by atoms with Crippen molar-refractivity contribution in [3.8, 4) is 5.75 Å². The molecule has 1 aliphatic heterocycles. The van der Waals surface area contributed by atoms with Gasteiger partial charge in [-0.05, 0) is 75.6 Å². The van der Waals surface area contributed by atoms with Crippen LogP contribution in [0.3, 0.4) is 0 Å². The Balaban J connectivity index is 1.46. The second kappa shape index (κ2) is 12.8. The zero-order valence-electron chi connectivity index (χ0n) is 21.0. The van der Waals surface area contributed by atoms with Crippen LogP contribution < -0.4 is 15.4 Å². The first kappa shape index (κ1) is 26.0. The quantitative estimate of drug-likeness (QED) is 0.539. The van der Waals surface area contributed by atoms with Crippen molar-refractivity contribution in [1.29, 1.82) is 0 Å². The van der Waals surface area contributed by atoms with Gasteiger partial charge in [-0.25, -0.2) is 0 Å². The molecule has 1 heterocycles. The van der Waals surface area contributed by atoms with Gasteiger partial charge < -0.3 is 20.3 Å². The van der Waals surface area contributed by atoms with Crippen LogP contribution in [-0.4, -0.2) is 54.4 Å². The summed E-state index contributed by atoms with van der Waals surface area (Å²) in [7, 11) is 1.60. The number of likely N-dealkylation sites (tertiary alicyclic amines) is 1. The minimum atomic E-state index is -0.337. The van der Waals surface area contributed by atoms with Crippen molar-refractivity contribution >= 4 is 17.7 Å². The minimum absolute atomic E-state index is 0.0121. The molecule has 188 valence electrons. The summed E-state index contributed by atoms with van der Waals surface area (Å²) in [5.74, 6) is 0.809. The Hall–Kier alpha value is -2.57. The highest BCUT2D eigenvalue weighted by atomic mass is 16.5. The summed E-state index contributed by atoms with van der Waals surface area (Å²) in [4.78, 5) is 40.5. The third-order valence-corrected chi connectivity index (χ3v) is 7.35. The summed E-state index contributed by atoms with van der Waals surface area (Å²) < 4.78 is 5.14. The predicted octanol–water partition coefficient (Wildman–Crippen LogP) is 4.06. The summed E-state index contributed by atoms with van der Waals surface area (Å²) in [6.07, 6.45) is 8.81. The summed E-state index contributed by atoms with van der Waals surface area (Å²) >= 11 is 0. The smallest absolute Gasteiger partial charge is 0.251 e. The Morgan fingerprint density at radius 3 is 2.24 bits per heavy atom. The van der Waals surface area contributed by atoms with Crippen LogP contribution in [-0.2, 0) is 9.59 Å². The van der Waals surface area contributed by atoms with Crippen molar-refractivity contribution in [2.24, 2.45) is 5.92 Å². The Labute approximate surface area is 204 Å². The molecule has 1 saturated carbocycles. The van der Waals surface area contributed by atoms with Crippen molar-refractivity contribution in [2.75, 3.05) is 13.7 Å². The molecule has 1 aromatic rings. The van der Waals surface area contributed by atoms with E-state index in [4.69, 9.17) is 4.74 Å². The van der Waals surface area contributed by atoms with Crippen LogP contribution in [0.4, 0.5) is 0 Å². The number of benzene rings is 1. The Morgan fingerprint density at radius 1 is 1.00 bits per heavy atom. The van der Waals surface area contributed by atoms with Gasteiger partial charge in [-0.3, -0.25) is 14.4 Å². The molecule has 7 heteroatoms. The average Bonchev–Trinajstić information content (AvgIpc) is 3.36. The van der Waals surface area contributed by atoms with Gasteiger partial charge in [0.2, 0.25) is 11.8 Å². The lowest BCUT2D eigenvalue weighted by Gasteiger charge is -2.32. The molecule has 7 nitrogen and oxygen atoms in total. The first-order valence-electron chi connectivity index (χ1n) is 13.0. The largest absolute Gasteiger partial charge is 0.497 e. The van der Waals surface area contributed by atoms with E-state index in [9.17, 15) is 14.4 Å². The number of carbonyl (C=O) groups is 3. The van der Waals surface area contributed by atoms with Gasteiger partial charge in [0.1, 0.15) is 11.8 Å². The number of amides is 3. The number of carbonyl (C=O) groups excluding carboxylic acids is 3. The molecule has 2 atom stereocenters. The van der Waals surface area contributed by atoms with Gasteiger partial charge in [-0.1, -0.05) is 26.7 Å². The summed E-state index contributed by atoms with van der Waals surface area (Å²) in [6.45, 7) is 4.89. The fourth-order valence-corrected chi connectivity index (χ4v) is 5.18. The normalized spacial score (nSPS) is 23.3. The number of unbranched alkanes of at least 4 members (excludes halogenated alkanes) is 1. The van der Waals surface area contributed by atoms with Crippen LogP contribution in [0.15, 0.2) is 24.3 Å². The number of ether oxygens (including phenoxy) is 1. The second-order valence-corrected chi connectivity index (χ2v) is 9.70. The van der Waals surface area contributed by atoms with Gasteiger partial charge in [0.15, 0.2) is 0 Å². The minimum Gasteiger partial charge on any atom is -0.497 e. The highest BCUT2D eigenvalue weighted by molar-refractivity contribution is 5.94. The molecule has 0 aromatic heterocycles. The molecule has 3 amide bonds. The third-order valence-electron chi connectivity index (χ3n) is 7.35. The Kier molecular flexibility index (Phi) is 9.78. The number of nitrogens with one attached hydrogen (secondary N) is 2. The van der Waals surface area contributed by atoms with E-state index in [0.717, 1.165) is 70.0 Å². The van der Waals surface area contributed by atoms with E-state index in [1.165, 1.54) is 0 Å². The van der Waals surface area contributed by atoms with Crippen molar-refractivity contribution in [2.45, 2.75) is 96.2 Å². The fourth-order valence-electron chi connectivity index (χ4n) is 5.18. The first-order valence-corrected chi connectivity index (χ1v) is 13.0. The zero-order chi connectivity index (χ0) is 24.5. The van der Waals surface area contributed by atoms with Crippen molar-refractivity contribution in [1.82, 2.24) is 15.5 Å². The van der Waals surface area contributed by atoms with Crippen molar-refractivity contribution in [3.63, 3.8) is 0 Å². The van der Waals surface area contributed by atoms with Crippen LogP contribution in [0, 0.1) is 5.92 Å². The van der Waals surface area contributed by atoms with E-state index in [0.29, 0.717) is 12.1 Å². The molecule has 34 heavy (non-hydrogen) atoms. The second-order valence-electron chi connectivity index (χ2n) is 9.70. The van der Waals surface area contributed by atoms with Gasteiger partial charge in [0.05, 0.1) is 7.11 Å². The van der Waals surface area contributed by atoms with Gasteiger partial charge in [0, 0.05) is 30.1 Å². The molecule has 0 spiro atoms. The number of rotatable bonds is 10. The lowest BCUT2D eigenvalue weighted by atomic mass is 9.90. The molecule has 2 fully saturated rings. The lowest BCUT2D eigenvalue weighted by molar-refractivity contribution is -0.142. The maximum Gasteiger partial charge on any atom is 0.251 e. The molecule has 3 rings (SSSR count). The van der Waals surface area contributed by atoms with Crippen molar-refractivity contribution in [3.05, 3.63) is 29.8 Å². The maximum atomic E-state index is 13.1. The van der Waals surface area contributed by atoms with Gasteiger partial charge in [-0.2, -0.15) is 0 Å². The predicted molar refractivity (Wildman–Crippen MR) is 133 cm³/mol. The maximum absolute atomic E-state index is 13.1. The van der Waals surface area contributed by atoms with E-state index in [1.807, 2.05) is 4.90 Å². The molecular formula is C27H41N3O4. The van der Waals surface area contributed by atoms with Gasteiger partial charge in [-0.15, -0.1) is 0 Å². The summed E-state index contributed by atoms with van der Waals surface area (Å²) in [6, 6.07) is 6.96. The van der Waals surface area contributed by atoms with Crippen LogP contribution in [0.2, 0.25) is 0 Å². The molecule has 1 aliphatic carbocycles.